The molecule has 20 heavy (non-hydrogen) atoms. The van der Waals surface area contributed by atoms with Crippen LogP contribution in [0.3, 0.4) is 0 Å². The van der Waals surface area contributed by atoms with Gasteiger partial charge in [-0.2, -0.15) is 4.98 Å². The van der Waals surface area contributed by atoms with Crippen molar-refractivity contribution in [1.82, 2.24) is 15.5 Å². The molecule has 4 heteroatoms. The Bertz CT molecular complexity index is 490. The first-order chi connectivity index (χ1) is 9.92. The van der Waals surface area contributed by atoms with Crippen molar-refractivity contribution in [1.29, 1.82) is 0 Å². The summed E-state index contributed by atoms with van der Waals surface area (Å²) < 4.78 is 5.64. The minimum Gasteiger partial charge on any atom is -0.339 e. The monoisotopic (exact) mass is 273 g/mol. The van der Waals surface area contributed by atoms with Gasteiger partial charge in [-0.1, -0.05) is 18.0 Å². The number of rotatable bonds is 2. The van der Waals surface area contributed by atoms with Gasteiger partial charge in [-0.25, -0.2) is 0 Å². The van der Waals surface area contributed by atoms with Crippen LogP contribution in [0.5, 0.6) is 0 Å². The first kappa shape index (κ1) is 11.7. The molecule has 1 saturated heterocycles. The molecule has 1 aliphatic heterocycles. The lowest BCUT2D eigenvalue weighted by Gasteiger charge is -2.10. The molecule has 3 aliphatic carbocycles. The van der Waals surface area contributed by atoms with Crippen molar-refractivity contribution < 1.29 is 4.52 Å². The highest BCUT2D eigenvalue weighted by Crippen LogP contribution is 2.72. The second-order valence-corrected chi connectivity index (χ2v) is 7.36. The van der Waals surface area contributed by atoms with Crippen molar-refractivity contribution in [3.05, 3.63) is 11.7 Å². The summed E-state index contributed by atoms with van der Waals surface area (Å²) in [4.78, 5) is 4.78. The van der Waals surface area contributed by atoms with E-state index < -0.39 is 0 Å². The minimum atomic E-state index is 0.324. The van der Waals surface area contributed by atoms with Crippen LogP contribution in [0.2, 0.25) is 0 Å². The van der Waals surface area contributed by atoms with Gasteiger partial charge in [0.05, 0.1) is 6.04 Å². The summed E-state index contributed by atoms with van der Waals surface area (Å²) >= 11 is 0. The second kappa shape index (κ2) is 4.30. The van der Waals surface area contributed by atoms with E-state index in [4.69, 9.17) is 9.51 Å². The Morgan fingerprint density at radius 3 is 2.70 bits per heavy atom. The zero-order valence-corrected chi connectivity index (χ0v) is 11.9. The first-order valence-corrected chi connectivity index (χ1v) is 8.49. The van der Waals surface area contributed by atoms with E-state index in [1.165, 1.54) is 38.5 Å². The zero-order valence-electron chi connectivity index (χ0n) is 11.9. The molecule has 0 aromatic carbocycles. The number of hydrogen-bond acceptors (Lipinski definition) is 4. The Labute approximate surface area is 119 Å². The molecule has 0 radical (unpaired) electrons. The van der Waals surface area contributed by atoms with E-state index in [0.29, 0.717) is 12.0 Å². The third-order valence-corrected chi connectivity index (χ3v) is 6.35. The van der Waals surface area contributed by atoms with Crippen molar-refractivity contribution in [3.8, 4) is 0 Å². The molecule has 1 aromatic rings. The number of hydrogen-bond donors (Lipinski definition) is 1. The molecule has 108 valence electrons. The molecule has 4 nitrogen and oxygen atoms in total. The quantitative estimate of drug-likeness (QED) is 0.900. The number of fused-ring (bicyclic) bond motifs is 5. The fourth-order valence-corrected chi connectivity index (χ4v) is 5.43. The van der Waals surface area contributed by atoms with Crippen LogP contribution in [-0.2, 0) is 0 Å². The summed E-state index contributed by atoms with van der Waals surface area (Å²) in [6.07, 6.45) is 9.42. The predicted octanol–water partition coefficient (Wildman–Crippen LogP) is 3.03. The van der Waals surface area contributed by atoms with Crippen LogP contribution in [0.25, 0.3) is 0 Å². The molecule has 3 saturated carbocycles. The average molecular weight is 273 g/mol. The van der Waals surface area contributed by atoms with Crippen LogP contribution < -0.4 is 5.32 Å². The van der Waals surface area contributed by atoms with Crippen molar-refractivity contribution >= 4 is 0 Å². The highest BCUT2D eigenvalue weighted by atomic mass is 16.5. The summed E-state index contributed by atoms with van der Waals surface area (Å²) in [6.45, 7) is 1.09. The van der Waals surface area contributed by atoms with E-state index in [1.54, 1.807) is 0 Å². The van der Waals surface area contributed by atoms with Gasteiger partial charge in [-0.3, -0.25) is 0 Å². The van der Waals surface area contributed by atoms with Crippen LogP contribution in [0.4, 0.5) is 0 Å². The number of nitrogens with zero attached hydrogens (tertiary/aromatic N) is 2. The van der Waals surface area contributed by atoms with Crippen molar-refractivity contribution in [2.75, 3.05) is 6.54 Å². The second-order valence-electron chi connectivity index (χ2n) is 7.36. The van der Waals surface area contributed by atoms with Crippen LogP contribution in [0.15, 0.2) is 4.52 Å². The van der Waals surface area contributed by atoms with Crippen molar-refractivity contribution in [2.45, 2.75) is 56.9 Å². The van der Waals surface area contributed by atoms with E-state index in [2.05, 4.69) is 10.5 Å². The lowest BCUT2D eigenvalue weighted by atomic mass is 10.0. The maximum absolute atomic E-state index is 5.64. The van der Waals surface area contributed by atoms with Gasteiger partial charge in [0.25, 0.3) is 0 Å². The van der Waals surface area contributed by atoms with Gasteiger partial charge in [0.1, 0.15) is 0 Å². The summed E-state index contributed by atoms with van der Waals surface area (Å²) in [5.74, 6) is 6.22. The Morgan fingerprint density at radius 1 is 1.00 bits per heavy atom. The molecule has 5 unspecified atom stereocenters. The standard InChI is InChI=1S/C16H23N3O/c1-2-4-11(17-7-3-1)15-18-16(20-19-15)14-12-9-5-6-10(8-9)13(12)14/h9-14,17H,1-8H2. The molecule has 1 N–H and O–H groups in total. The molecular weight excluding hydrogens is 250 g/mol. The molecule has 4 aliphatic rings. The van der Waals surface area contributed by atoms with E-state index in [-0.39, 0.29) is 0 Å². The lowest BCUT2D eigenvalue weighted by Crippen LogP contribution is -2.21. The molecule has 5 atom stereocenters. The summed E-state index contributed by atoms with van der Waals surface area (Å²) in [5, 5.41) is 7.86. The number of nitrogens with one attached hydrogen (secondary N) is 1. The van der Waals surface area contributed by atoms with E-state index in [0.717, 1.165) is 48.4 Å². The Kier molecular flexibility index (Phi) is 2.52. The van der Waals surface area contributed by atoms with Crippen molar-refractivity contribution in [3.63, 3.8) is 0 Å². The van der Waals surface area contributed by atoms with Gasteiger partial charge in [0.2, 0.25) is 5.89 Å². The third-order valence-electron chi connectivity index (χ3n) is 6.35. The van der Waals surface area contributed by atoms with Crippen molar-refractivity contribution in [2.24, 2.45) is 23.7 Å². The summed E-state index contributed by atoms with van der Waals surface area (Å²) in [7, 11) is 0. The maximum Gasteiger partial charge on any atom is 0.230 e. The van der Waals surface area contributed by atoms with E-state index >= 15 is 0 Å². The molecule has 0 spiro atoms. The number of aromatic nitrogens is 2. The van der Waals surface area contributed by atoms with Crippen LogP contribution in [-0.4, -0.2) is 16.7 Å². The summed E-state index contributed by atoms with van der Waals surface area (Å²) in [5.41, 5.74) is 0. The molecule has 0 amide bonds. The highest BCUT2D eigenvalue weighted by Gasteiger charge is 2.67. The Morgan fingerprint density at radius 2 is 1.85 bits per heavy atom. The van der Waals surface area contributed by atoms with Gasteiger partial charge in [-0.15, -0.1) is 0 Å². The highest BCUT2D eigenvalue weighted by molar-refractivity contribution is 5.23. The van der Waals surface area contributed by atoms with Crippen LogP contribution in [0.1, 0.15) is 68.6 Å². The Balaban J connectivity index is 1.34. The van der Waals surface area contributed by atoms with Gasteiger partial charge in [0.15, 0.2) is 5.82 Å². The molecule has 2 bridgehead atoms. The van der Waals surface area contributed by atoms with Crippen LogP contribution in [0, 0.1) is 23.7 Å². The maximum atomic E-state index is 5.64. The van der Waals surface area contributed by atoms with Crippen LogP contribution >= 0.6 is 0 Å². The largest absolute Gasteiger partial charge is 0.339 e. The fourth-order valence-electron chi connectivity index (χ4n) is 5.43. The average Bonchev–Trinajstić information content (AvgIpc) is 2.76. The summed E-state index contributed by atoms with van der Waals surface area (Å²) in [6, 6.07) is 0.324. The van der Waals surface area contributed by atoms with Gasteiger partial charge >= 0.3 is 0 Å². The lowest BCUT2D eigenvalue weighted by molar-refractivity contribution is 0.346. The zero-order chi connectivity index (χ0) is 13.1. The molecule has 1 aromatic heterocycles. The fraction of sp³-hybridized carbons (Fsp3) is 0.875. The molecule has 5 rings (SSSR count). The first-order valence-electron chi connectivity index (χ1n) is 8.49. The van der Waals surface area contributed by atoms with Gasteiger partial charge < -0.3 is 9.84 Å². The van der Waals surface area contributed by atoms with Gasteiger partial charge in [0, 0.05) is 5.92 Å². The predicted molar refractivity (Wildman–Crippen MR) is 74.1 cm³/mol. The molecule has 2 heterocycles. The third kappa shape index (κ3) is 1.63. The van der Waals surface area contributed by atoms with E-state index in [1.807, 2.05) is 0 Å². The normalized spacial score (nSPS) is 46.2. The smallest absolute Gasteiger partial charge is 0.230 e. The molecular formula is C16H23N3O. The topological polar surface area (TPSA) is 51.0 Å². The SMILES string of the molecule is C1CCNC(c2noc(C3C4C5CCC(C5)C34)n2)CC1. The Hall–Kier alpha value is -0.900. The molecule has 4 fully saturated rings. The minimum absolute atomic E-state index is 0.324. The van der Waals surface area contributed by atoms with E-state index in [9.17, 15) is 0 Å². The van der Waals surface area contributed by atoms with Gasteiger partial charge in [-0.05, 0) is 62.3 Å².